The van der Waals surface area contributed by atoms with E-state index in [1.54, 1.807) is 23.4 Å². The van der Waals surface area contributed by atoms with Crippen molar-refractivity contribution in [3.05, 3.63) is 66.2 Å². The molecule has 0 radical (unpaired) electrons. The lowest BCUT2D eigenvalue weighted by molar-refractivity contribution is -0.116. The highest BCUT2D eigenvalue weighted by Gasteiger charge is 2.16. The average molecular weight is 370 g/mol. The number of hydrogen-bond donors (Lipinski definition) is 0. The van der Waals surface area contributed by atoms with Crippen LogP contribution >= 0.6 is 11.8 Å². The molecule has 0 aliphatic carbocycles. The van der Waals surface area contributed by atoms with Crippen LogP contribution in [0.25, 0.3) is 5.69 Å². The van der Waals surface area contributed by atoms with Crippen LogP contribution in [0.3, 0.4) is 0 Å². The highest BCUT2D eigenvalue weighted by molar-refractivity contribution is 7.99. The molecule has 26 heavy (non-hydrogen) atoms. The zero-order chi connectivity index (χ0) is 18.5. The van der Waals surface area contributed by atoms with Gasteiger partial charge in [-0.05, 0) is 50.2 Å². The Morgan fingerprint density at radius 3 is 2.50 bits per heavy atom. The lowest BCUT2D eigenvalue weighted by Gasteiger charge is -2.20. The van der Waals surface area contributed by atoms with E-state index in [-0.39, 0.29) is 17.5 Å². The first-order valence-electron chi connectivity index (χ1n) is 8.24. The van der Waals surface area contributed by atoms with Gasteiger partial charge < -0.3 is 4.90 Å². The van der Waals surface area contributed by atoms with Gasteiger partial charge in [-0.2, -0.15) is 0 Å². The van der Waals surface area contributed by atoms with Crippen molar-refractivity contribution in [2.45, 2.75) is 19.0 Å². The van der Waals surface area contributed by atoms with E-state index in [4.69, 9.17) is 0 Å². The lowest BCUT2D eigenvalue weighted by atomic mass is 10.2. The average Bonchev–Trinajstić information content (AvgIpc) is 3.11. The molecule has 0 unspecified atom stereocenters. The van der Waals surface area contributed by atoms with Crippen LogP contribution in [0, 0.1) is 12.7 Å². The molecule has 0 saturated carbocycles. The second kappa shape index (κ2) is 8.14. The number of aryl methyl sites for hydroxylation is 1. The number of amides is 1. The van der Waals surface area contributed by atoms with Gasteiger partial charge in [0, 0.05) is 17.9 Å². The summed E-state index contributed by atoms with van der Waals surface area (Å²) in [5.74, 6) is -0.171. The quantitative estimate of drug-likeness (QED) is 0.618. The third-order valence-electron chi connectivity index (χ3n) is 3.91. The van der Waals surface area contributed by atoms with Crippen molar-refractivity contribution < 1.29 is 9.18 Å². The van der Waals surface area contributed by atoms with Crippen molar-refractivity contribution in [3.63, 3.8) is 0 Å². The summed E-state index contributed by atoms with van der Waals surface area (Å²) in [6, 6.07) is 13.9. The maximum absolute atomic E-state index is 13.1. The molecule has 134 valence electrons. The topological polar surface area (TPSA) is 51.0 Å². The van der Waals surface area contributed by atoms with E-state index < -0.39 is 0 Å². The first-order chi connectivity index (χ1) is 12.6. The number of thioether (sulfide) groups is 1. The number of nitrogens with zero attached hydrogens (tertiary/aromatic N) is 4. The lowest BCUT2D eigenvalue weighted by Crippen LogP contribution is -2.32. The molecule has 5 nitrogen and oxygen atoms in total. The standard InChI is InChI=1S/C19H19FN4OS/c1-3-23(16-10-6-15(20)7-11-16)18(25)12-26-19-22-21-13-24(19)17-8-4-14(2)5-9-17/h4-11,13H,3,12H2,1-2H3. The number of halogens is 1. The summed E-state index contributed by atoms with van der Waals surface area (Å²) in [5.41, 5.74) is 2.80. The smallest absolute Gasteiger partial charge is 0.237 e. The second-order valence-corrected chi connectivity index (χ2v) is 6.66. The largest absolute Gasteiger partial charge is 0.312 e. The highest BCUT2D eigenvalue weighted by atomic mass is 32.2. The van der Waals surface area contributed by atoms with Crippen molar-refractivity contribution in [1.82, 2.24) is 14.8 Å². The van der Waals surface area contributed by atoms with E-state index in [0.29, 0.717) is 17.4 Å². The number of hydrogen-bond acceptors (Lipinski definition) is 4. The maximum Gasteiger partial charge on any atom is 0.237 e. The zero-order valence-electron chi connectivity index (χ0n) is 14.6. The van der Waals surface area contributed by atoms with Gasteiger partial charge in [0.15, 0.2) is 5.16 Å². The van der Waals surface area contributed by atoms with Crippen molar-refractivity contribution in [2.75, 3.05) is 17.2 Å². The molecular weight excluding hydrogens is 351 g/mol. The van der Waals surface area contributed by atoms with E-state index in [0.717, 1.165) is 5.69 Å². The molecule has 0 N–H and O–H groups in total. The van der Waals surface area contributed by atoms with Crippen molar-refractivity contribution in [3.8, 4) is 5.69 Å². The summed E-state index contributed by atoms with van der Waals surface area (Å²) in [7, 11) is 0. The Bertz CT molecular complexity index is 877. The summed E-state index contributed by atoms with van der Waals surface area (Å²) < 4.78 is 14.9. The van der Waals surface area contributed by atoms with Crippen LogP contribution in [-0.4, -0.2) is 33.0 Å². The number of benzene rings is 2. The maximum atomic E-state index is 13.1. The molecule has 1 aromatic heterocycles. The summed E-state index contributed by atoms with van der Waals surface area (Å²) >= 11 is 1.33. The number of rotatable bonds is 6. The molecule has 0 atom stereocenters. The molecule has 0 bridgehead atoms. The van der Waals surface area contributed by atoms with E-state index >= 15 is 0 Å². The van der Waals surface area contributed by atoms with Gasteiger partial charge in [-0.1, -0.05) is 29.5 Å². The highest BCUT2D eigenvalue weighted by Crippen LogP contribution is 2.22. The van der Waals surface area contributed by atoms with Crippen molar-refractivity contribution in [1.29, 1.82) is 0 Å². The first-order valence-corrected chi connectivity index (χ1v) is 9.23. The molecule has 2 aromatic carbocycles. The molecule has 0 fully saturated rings. The Labute approximate surface area is 155 Å². The molecule has 1 amide bonds. The molecule has 1 heterocycles. The summed E-state index contributed by atoms with van der Waals surface area (Å²) in [6.07, 6.45) is 1.63. The Hall–Kier alpha value is -2.67. The van der Waals surface area contributed by atoms with Gasteiger partial charge in [-0.15, -0.1) is 10.2 Å². The fraction of sp³-hybridized carbons (Fsp3) is 0.211. The Morgan fingerprint density at radius 2 is 1.85 bits per heavy atom. The number of carbonyl (C=O) groups excluding carboxylic acids is 1. The molecule has 0 aliphatic rings. The van der Waals surface area contributed by atoms with Crippen LogP contribution in [0.15, 0.2) is 60.0 Å². The molecule has 0 saturated heterocycles. The first kappa shape index (κ1) is 18.1. The normalized spacial score (nSPS) is 10.7. The fourth-order valence-corrected chi connectivity index (χ4v) is 3.34. The fourth-order valence-electron chi connectivity index (χ4n) is 2.53. The van der Waals surface area contributed by atoms with Gasteiger partial charge in [0.2, 0.25) is 5.91 Å². The van der Waals surface area contributed by atoms with Crippen LogP contribution in [0.5, 0.6) is 0 Å². The minimum atomic E-state index is -0.321. The molecule has 3 aromatic rings. The number of aromatic nitrogens is 3. The van der Waals surface area contributed by atoms with Gasteiger partial charge in [0.05, 0.1) is 5.75 Å². The SMILES string of the molecule is CCN(C(=O)CSc1nncn1-c1ccc(C)cc1)c1ccc(F)cc1. The van der Waals surface area contributed by atoms with Gasteiger partial charge in [-0.25, -0.2) is 4.39 Å². The minimum absolute atomic E-state index is 0.0671. The third-order valence-corrected chi connectivity index (χ3v) is 4.84. The molecule has 0 aliphatic heterocycles. The van der Waals surface area contributed by atoms with Crippen LogP contribution in [0.2, 0.25) is 0 Å². The van der Waals surface area contributed by atoms with Crippen molar-refractivity contribution >= 4 is 23.4 Å². The minimum Gasteiger partial charge on any atom is -0.312 e. The summed E-state index contributed by atoms with van der Waals surface area (Å²) in [5, 5.41) is 8.72. The zero-order valence-corrected chi connectivity index (χ0v) is 15.4. The third kappa shape index (κ3) is 4.11. The summed E-state index contributed by atoms with van der Waals surface area (Å²) in [4.78, 5) is 14.2. The Balaban J connectivity index is 1.70. The van der Waals surface area contributed by atoms with Crippen LogP contribution in [0.4, 0.5) is 10.1 Å². The molecule has 3 rings (SSSR count). The van der Waals surface area contributed by atoms with E-state index in [1.165, 1.54) is 29.5 Å². The predicted octanol–water partition coefficient (Wildman–Crippen LogP) is 3.86. The molecule has 7 heteroatoms. The monoisotopic (exact) mass is 370 g/mol. The van der Waals surface area contributed by atoms with E-state index in [1.807, 2.05) is 42.7 Å². The van der Waals surface area contributed by atoms with Gasteiger partial charge >= 0.3 is 0 Å². The second-order valence-electron chi connectivity index (χ2n) is 5.72. The van der Waals surface area contributed by atoms with Crippen LogP contribution in [0.1, 0.15) is 12.5 Å². The number of anilines is 1. The molecular formula is C19H19FN4OS. The number of carbonyl (C=O) groups is 1. The Kier molecular flexibility index (Phi) is 5.68. The van der Waals surface area contributed by atoms with Crippen LogP contribution < -0.4 is 4.90 Å². The van der Waals surface area contributed by atoms with Gasteiger partial charge in [0.1, 0.15) is 12.1 Å². The van der Waals surface area contributed by atoms with E-state index in [2.05, 4.69) is 10.2 Å². The van der Waals surface area contributed by atoms with Gasteiger partial charge in [0.25, 0.3) is 0 Å². The predicted molar refractivity (Wildman–Crippen MR) is 101 cm³/mol. The Morgan fingerprint density at radius 1 is 1.15 bits per heavy atom. The van der Waals surface area contributed by atoms with Gasteiger partial charge in [-0.3, -0.25) is 9.36 Å². The van der Waals surface area contributed by atoms with Crippen LogP contribution in [-0.2, 0) is 4.79 Å². The van der Waals surface area contributed by atoms with Crippen molar-refractivity contribution in [2.24, 2.45) is 0 Å². The molecule has 0 spiro atoms. The van der Waals surface area contributed by atoms with E-state index in [9.17, 15) is 9.18 Å². The summed E-state index contributed by atoms with van der Waals surface area (Å²) in [6.45, 7) is 4.43.